The van der Waals surface area contributed by atoms with E-state index in [2.05, 4.69) is 6.58 Å². The molecule has 4 heteroatoms. The van der Waals surface area contributed by atoms with Gasteiger partial charge in [0, 0.05) is 5.92 Å². The van der Waals surface area contributed by atoms with Crippen LogP contribution in [0.1, 0.15) is 19.8 Å². The van der Waals surface area contributed by atoms with Gasteiger partial charge in [0.2, 0.25) is 0 Å². The first-order valence-electron chi connectivity index (χ1n) is 5.17. The fourth-order valence-electron chi connectivity index (χ4n) is 2.34. The van der Waals surface area contributed by atoms with Crippen LogP contribution in [0.15, 0.2) is 24.0 Å². The standard InChI is InChI=1S/C12H14O4/c1-7-4-5-12(10(13)15-3)6-9(7)8(2)16-11(12)14/h4,9H,2,5-6H2,1,3H3/t9-,12-/m0/s1. The molecule has 1 fully saturated rings. The van der Waals surface area contributed by atoms with Gasteiger partial charge in [-0.15, -0.1) is 0 Å². The number of cyclic esters (lactones) is 1. The van der Waals surface area contributed by atoms with Gasteiger partial charge in [-0.2, -0.15) is 0 Å². The molecule has 2 aliphatic rings. The number of carbonyl (C=O) groups is 2. The van der Waals surface area contributed by atoms with E-state index in [1.165, 1.54) is 7.11 Å². The third-order valence-corrected chi connectivity index (χ3v) is 3.45. The molecule has 1 aliphatic carbocycles. The monoisotopic (exact) mass is 222 g/mol. The third-order valence-electron chi connectivity index (χ3n) is 3.45. The normalized spacial score (nSPS) is 32.9. The predicted octanol–water partition coefficient (Wildman–Crippen LogP) is 1.57. The molecule has 0 saturated carbocycles. The molecule has 1 heterocycles. The number of methoxy groups -OCH3 is 1. The lowest BCUT2D eigenvalue weighted by Crippen LogP contribution is -2.48. The van der Waals surface area contributed by atoms with Crippen molar-refractivity contribution in [2.75, 3.05) is 7.11 Å². The highest BCUT2D eigenvalue weighted by atomic mass is 16.6. The lowest BCUT2D eigenvalue weighted by molar-refractivity contribution is -0.174. The van der Waals surface area contributed by atoms with Crippen LogP contribution in [0.4, 0.5) is 0 Å². The van der Waals surface area contributed by atoms with Crippen molar-refractivity contribution in [1.29, 1.82) is 0 Å². The van der Waals surface area contributed by atoms with Crippen molar-refractivity contribution in [3.05, 3.63) is 24.0 Å². The van der Waals surface area contributed by atoms with Crippen molar-refractivity contribution in [2.24, 2.45) is 11.3 Å². The van der Waals surface area contributed by atoms with E-state index >= 15 is 0 Å². The Kier molecular flexibility index (Phi) is 2.37. The van der Waals surface area contributed by atoms with E-state index < -0.39 is 17.4 Å². The molecule has 2 rings (SSSR count). The molecule has 0 aromatic rings. The van der Waals surface area contributed by atoms with E-state index in [1.54, 1.807) is 0 Å². The van der Waals surface area contributed by atoms with Gasteiger partial charge in [0.05, 0.1) is 7.11 Å². The van der Waals surface area contributed by atoms with Crippen LogP contribution in [0, 0.1) is 11.3 Å². The predicted molar refractivity (Wildman–Crippen MR) is 56.2 cm³/mol. The van der Waals surface area contributed by atoms with Gasteiger partial charge in [0.1, 0.15) is 5.76 Å². The summed E-state index contributed by atoms with van der Waals surface area (Å²) in [6.07, 6.45) is 2.67. The summed E-state index contributed by atoms with van der Waals surface area (Å²) in [5, 5.41) is 0. The Morgan fingerprint density at radius 1 is 1.69 bits per heavy atom. The Morgan fingerprint density at radius 3 is 3.00 bits per heavy atom. The topological polar surface area (TPSA) is 52.6 Å². The lowest BCUT2D eigenvalue weighted by atomic mass is 9.68. The molecule has 2 bridgehead atoms. The maximum absolute atomic E-state index is 11.8. The van der Waals surface area contributed by atoms with Crippen molar-refractivity contribution in [1.82, 2.24) is 0 Å². The van der Waals surface area contributed by atoms with E-state index in [0.29, 0.717) is 18.6 Å². The van der Waals surface area contributed by atoms with Crippen LogP contribution in [0.2, 0.25) is 0 Å². The van der Waals surface area contributed by atoms with Crippen LogP contribution < -0.4 is 0 Å². The van der Waals surface area contributed by atoms with Gasteiger partial charge in [0.25, 0.3) is 0 Å². The van der Waals surface area contributed by atoms with Crippen LogP contribution in [0.5, 0.6) is 0 Å². The molecule has 0 N–H and O–H groups in total. The van der Waals surface area contributed by atoms with E-state index in [4.69, 9.17) is 9.47 Å². The maximum atomic E-state index is 11.8. The zero-order chi connectivity index (χ0) is 11.9. The first-order valence-corrected chi connectivity index (χ1v) is 5.17. The zero-order valence-corrected chi connectivity index (χ0v) is 9.41. The molecule has 0 amide bonds. The lowest BCUT2D eigenvalue weighted by Gasteiger charge is -2.40. The molecule has 0 aromatic heterocycles. The number of carbonyl (C=O) groups excluding carboxylic acids is 2. The Bertz CT molecular complexity index is 407. The van der Waals surface area contributed by atoms with Crippen LogP contribution in [-0.2, 0) is 19.1 Å². The van der Waals surface area contributed by atoms with E-state index in [-0.39, 0.29) is 5.92 Å². The first-order chi connectivity index (χ1) is 7.51. The molecule has 0 radical (unpaired) electrons. The fourth-order valence-corrected chi connectivity index (χ4v) is 2.34. The van der Waals surface area contributed by atoms with Gasteiger partial charge in [-0.1, -0.05) is 18.2 Å². The Hall–Kier alpha value is -1.58. The van der Waals surface area contributed by atoms with Gasteiger partial charge in [-0.3, -0.25) is 9.59 Å². The van der Waals surface area contributed by atoms with Crippen LogP contribution in [-0.4, -0.2) is 19.0 Å². The Balaban J connectivity index is 2.44. The summed E-state index contributed by atoms with van der Waals surface area (Å²) in [6.45, 7) is 5.67. The number of allylic oxidation sites excluding steroid dienone is 2. The number of rotatable bonds is 1. The Labute approximate surface area is 93.9 Å². The minimum absolute atomic E-state index is 0.0504. The molecule has 0 aromatic carbocycles. The van der Waals surface area contributed by atoms with Crippen molar-refractivity contribution in [3.8, 4) is 0 Å². The summed E-state index contributed by atoms with van der Waals surface area (Å²) in [5.74, 6) is -0.674. The fraction of sp³-hybridized carbons (Fsp3) is 0.500. The van der Waals surface area contributed by atoms with Crippen LogP contribution in [0.25, 0.3) is 0 Å². The smallest absolute Gasteiger partial charge is 0.328 e. The molecular weight excluding hydrogens is 208 g/mol. The number of hydrogen-bond donors (Lipinski definition) is 0. The molecule has 86 valence electrons. The number of hydrogen-bond acceptors (Lipinski definition) is 4. The zero-order valence-electron chi connectivity index (χ0n) is 9.41. The second kappa shape index (κ2) is 3.47. The van der Waals surface area contributed by atoms with E-state index in [9.17, 15) is 9.59 Å². The summed E-state index contributed by atoms with van der Waals surface area (Å²) in [5.41, 5.74) is -0.0582. The highest BCUT2D eigenvalue weighted by Crippen LogP contribution is 2.47. The number of fused-ring (bicyclic) bond motifs is 2. The molecule has 16 heavy (non-hydrogen) atoms. The van der Waals surface area contributed by atoms with Gasteiger partial charge in [-0.25, -0.2) is 0 Å². The van der Waals surface area contributed by atoms with Crippen molar-refractivity contribution in [2.45, 2.75) is 19.8 Å². The summed E-state index contributed by atoms with van der Waals surface area (Å²) in [4.78, 5) is 23.6. The average molecular weight is 222 g/mol. The summed E-state index contributed by atoms with van der Waals surface area (Å²) in [7, 11) is 1.29. The van der Waals surface area contributed by atoms with E-state index in [0.717, 1.165) is 5.57 Å². The van der Waals surface area contributed by atoms with Crippen LogP contribution >= 0.6 is 0 Å². The maximum Gasteiger partial charge on any atom is 0.328 e. The quantitative estimate of drug-likeness (QED) is 0.384. The van der Waals surface area contributed by atoms with Crippen molar-refractivity contribution < 1.29 is 19.1 Å². The SMILES string of the molecule is C=C1OC(=O)[C@@]2(C(=O)OC)CC=C(C)[C@@H]1C2. The van der Waals surface area contributed by atoms with Crippen molar-refractivity contribution in [3.63, 3.8) is 0 Å². The van der Waals surface area contributed by atoms with Crippen molar-refractivity contribution >= 4 is 11.9 Å². The summed E-state index contributed by atoms with van der Waals surface area (Å²) >= 11 is 0. The summed E-state index contributed by atoms with van der Waals surface area (Å²) < 4.78 is 9.78. The van der Waals surface area contributed by atoms with Gasteiger partial charge in [0.15, 0.2) is 5.41 Å². The second-order valence-corrected chi connectivity index (χ2v) is 4.34. The van der Waals surface area contributed by atoms with E-state index in [1.807, 2.05) is 13.0 Å². The molecular formula is C12H14O4. The minimum Gasteiger partial charge on any atom is -0.468 e. The molecule has 0 unspecified atom stereocenters. The molecule has 4 nitrogen and oxygen atoms in total. The van der Waals surface area contributed by atoms with Crippen LogP contribution in [0.3, 0.4) is 0 Å². The number of ether oxygens (including phenoxy) is 2. The molecule has 1 saturated heterocycles. The average Bonchev–Trinajstić information content (AvgIpc) is 2.27. The highest BCUT2D eigenvalue weighted by molar-refractivity contribution is 6.01. The molecule has 2 atom stereocenters. The van der Waals surface area contributed by atoms with Gasteiger partial charge < -0.3 is 9.47 Å². The minimum atomic E-state index is -1.15. The highest BCUT2D eigenvalue weighted by Gasteiger charge is 2.55. The summed E-state index contributed by atoms with van der Waals surface area (Å²) in [6, 6.07) is 0. The molecule has 0 spiro atoms. The van der Waals surface area contributed by atoms with Gasteiger partial charge >= 0.3 is 11.9 Å². The number of esters is 2. The second-order valence-electron chi connectivity index (χ2n) is 4.34. The molecule has 1 aliphatic heterocycles. The van der Waals surface area contributed by atoms with Gasteiger partial charge in [-0.05, 0) is 19.8 Å². The Morgan fingerprint density at radius 2 is 2.38 bits per heavy atom. The first kappa shape index (κ1) is 10.9. The largest absolute Gasteiger partial charge is 0.468 e. The third kappa shape index (κ3) is 1.29.